The number of fused-ring (bicyclic) bond motifs is 1. The Morgan fingerprint density at radius 1 is 1.30 bits per heavy atom. The van der Waals surface area contributed by atoms with Crippen molar-refractivity contribution in [3.05, 3.63) is 29.3 Å². The minimum atomic E-state index is -0.344. The smallest absolute Gasteiger partial charge is 0.276 e. The second kappa shape index (κ2) is 6.43. The van der Waals surface area contributed by atoms with Gasteiger partial charge < -0.3 is 9.94 Å². The normalized spacial score (nSPS) is 13.7. The van der Waals surface area contributed by atoms with Crippen molar-refractivity contribution in [2.75, 3.05) is 13.1 Å². The Hall–Kier alpha value is -2.01. The maximum Gasteiger partial charge on any atom is 0.276 e. The zero-order chi connectivity index (χ0) is 14.5. The third kappa shape index (κ3) is 3.11. The predicted octanol–water partition coefficient (Wildman–Crippen LogP) is 2.06. The van der Waals surface area contributed by atoms with Gasteiger partial charge in [0.05, 0.1) is 0 Å². The maximum absolute atomic E-state index is 11.2. The minimum absolute atomic E-state index is 0.0869. The number of carbonyl (C=O) groups is 1. The summed E-state index contributed by atoms with van der Waals surface area (Å²) < 4.78 is 0. The van der Waals surface area contributed by atoms with Crippen molar-refractivity contribution in [1.29, 1.82) is 0 Å². The van der Waals surface area contributed by atoms with Gasteiger partial charge >= 0.3 is 0 Å². The lowest BCUT2D eigenvalue weighted by molar-refractivity contribution is -0.122. The Morgan fingerprint density at radius 3 is 2.80 bits per heavy atom. The highest BCUT2D eigenvalue weighted by Crippen LogP contribution is 2.35. The second-order valence-corrected chi connectivity index (χ2v) is 4.76. The van der Waals surface area contributed by atoms with E-state index in [4.69, 9.17) is 4.84 Å². The van der Waals surface area contributed by atoms with E-state index in [0.717, 1.165) is 25.1 Å². The van der Waals surface area contributed by atoms with E-state index in [1.54, 1.807) is 6.08 Å². The lowest BCUT2D eigenvalue weighted by Gasteiger charge is -2.21. The fraction of sp³-hybridized carbons (Fsp3) is 0.400. The Kier molecular flexibility index (Phi) is 4.63. The zero-order valence-corrected chi connectivity index (χ0v) is 11.8. The number of hydrogen-bond acceptors (Lipinski definition) is 4. The van der Waals surface area contributed by atoms with Gasteiger partial charge in [-0.3, -0.25) is 9.69 Å². The van der Waals surface area contributed by atoms with Gasteiger partial charge in [0.15, 0.2) is 5.75 Å². The third-order valence-electron chi connectivity index (χ3n) is 3.29. The van der Waals surface area contributed by atoms with Crippen LogP contribution in [-0.4, -0.2) is 29.0 Å². The van der Waals surface area contributed by atoms with Crippen LogP contribution in [0.5, 0.6) is 11.5 Å². The number of aromatic hydroxyl groups is 1. The summed E-state index contributed by atoms with van der Waals surface area (Å²) in [5, 5.41) is 10.3. The molecule has 1 aromatic carbocycles. The van der Waals surface area contributed by atoms with Crippen molar-refractivity contribution in [3.8, 4) is 11.5 Å². The Bertz CT molecular complexity index is 526. The summed E-state index contributed by atoms with van der Waals surface area (Å²) in [6, 6.07) is 3.72. The summed E-state index contributed by atoms with van der Waals surface area (Å²) in [5.74, 6) is 0.0457. The van der Waals surface area contributed by atoms with E-state index >= 15 is 0 Å². The topological polar surface area (TPSA) is 61.8 Å². The van der Waals surface area contributed by atoms with Crippen molar-refractivity contribution in [3.63, 3.8) is 0 Å². The molecule has 0 aromatic heterocycles. The fourth-order valence-corrected chi connectivity index (χ4v) is 2.20. The molecule has 0 aliphatic carbocycles. The average molecular weight is 276 g/mol. The molecule has 20 heavy (non-hydrogen) atoms. The predicted molar refractivity (Wildman–Crippen MR) is 77.2 cm³/mol. The summed E-state index contributed by atoms with van der Waals surface area (Å²) in [6.07, 6.45) is 4.07. The Morgan fingerprint density at radius 2 is 2.10 bits per heavy atom. The molecule has 1 amide bonds. The van der Waals surface area contributed by atoms with Gasteiger partial charge in [0, 0.05) is 23.7 Å². The first-order valence-electron chi connectivity index (χ1n) is 6.87. The lowest BCUT2D eigenvalue weighted by atomic mass is 10.1. The van der Waals surface area contributed by atoms with E-state index < -0.39 is 0 Å². The largest absolute Gasteiger partial charge is 0.504 e. The van der Waals surface area contributed by atoms with Gasteiger partial charge in [-0.15, -0.1) is 0 Å². The molecule has 5 nitrogen and oxygen atoms in total. The van der Waals surface area contributed by atoms with Crippen LogP contribution in [0.1, 0.15) is 31.4 Å². The molecule has 0 saturated carbocycles. The van der Waals surface area contributed by atoms with Crippen molar-refractivity contribution in [2.45, 2.75) is 26.8 Å². The summed E-state index contributed by atoms with van der Waals surface area (Å²) >= 11 is 0. The standard InChI is InChI=1S/C15H20N2O3/c1-3-9-17(4-2)10-12-6-5-11-7-8-13(18)16-20-15(11)14(12)19/h5-8,19H,3-4,9-10H2,1-2H3,(H,16,18). The minimum Gasteiger partial charge on any atom is -0.504 e. The summed E-state index contributed by atoms with van der Waals surface area (Å²) in [6.45, 7) is 6.77. The first kappa shape index (κ1) is 14.4. The van der Waals surface area contributed by atoms with Gasteiger partial charge in [-0.2, -0.15) is 5.48 Å². The van der Waals surface area contributed by atoms with Gasteiger partial charge in [-0.1, -0.05) is 26.0 Å². The molecule has 0 atom stereocenters. The molecule has 0 fully saturated rings. The van der Waals surface area contributed by atoms with Crippen molar-refractivity contribution >= 4 is 12.0 Å². The lowest BCUT2D eigenvalue weighted by Crippen LogP contribution is -2.25. The molecule has 1 aliphatic heterocycles. The number of nitrogens with zero attached hydrogens (tertiary/aromatic N) is 1. The molecule has 1 aromatic rings. The molecule has 5 heteroatoms. The first-order valence-corrected chi connectivity index (χ1v) is 6.87. The van der Waals surface area contributed by atoms with E-state index in [1.807, 2.05) is 12.1 Å². The van der Waals surface area contributed by atoms with Gasteiger partial charge in [0.1, 0.15) is 0 Å². The Labute approximate surface area is 118 Å². The molecular weight excluding hydrogens is 256 g/mol. The van der Waals surface area contributed by atoms with Crippen molar-refractivity contribution < 1.29 is 14.7 Å². The van der Waals surface area contributed by atoms with E-state index in [2.05, 4.69) is 24.2 Å². The maximum atomic E-state index is 11.2. The van der Waals surface area contributed by atoms with Crippen molar-refractivity contribution in [1.82, 2.24) is 10.4 Å². The molecular formula is C15H20N2O3. The highest BCUT2D eigenvalue weighted by Gasteiger charge is 2.17. The van der Waals surface area contributed by atoms with Crippen LogP contribution < -0.4 is 10.3 Å². The van der Waals surface area contributed by atoms with Crippen LogP contribution in [0.15, 0.2) is 18.2 Å². The molecule has 2 rings (SSSR count). The second-order valence-electron chi connectivity index (χ2n) is 4.76. The fourth-order valence-electron chi connectivity index (χ4n) is 2.20. The number of nitrogens with one attached hydrogen (secondary N) is 1. The molecule has 2 N–H and O–H groups in total. The summed E-state index contributed by atoms with van der Waals surface area (Å²) in [5.41, 5.74) is 3.74. The molecule has 108 valence electrons. The molecule has 1 heterocycles. The number of phenols is 1. The number of rotatable bonds is 5. The van der Waals surface area contributed by atoms with Gasteiger partial charge in [-0.25, -0.2) is 0 Å². The van der Waals surface area contributed by atoms with Gasteiger partial charge in [0.25, 0.3) is 5.91 Å². The van der Waals surface area contributed by atoms with Crippen LogP contribution in [0.2, 0.25) is 0 Å². The zero-order valence-electron chi connectivity index (χ0n) is 11.8. The van der Waals surface area contributed by atoms with Crippen LogP contribution in [0.3, 0.4) is 0 Å². The third-order valence-corrected chi connectivity index (χ3v) is 3.29. The number of hydroxylamine groups is 1. The SMILES string of the molecule is CCCN(CC)Cc1ccc2c(c1O)ONC(=O)C=C2. The molecule has 0 spiro atoms. The number of benzene rings is 1. The van der Waals surface area contributed by atoms with Crippen molar-refractivity contribution in [2.24, 2.45) is 0 Å². The van der Waals surface area contributed by atoms with Crippen LogP contribution in [0, 0.1) is 0 Å². The summed E-state index contributed by atoms with van der Waals surface area (Å²) in [4.78, 5) is 18.7. The van der Waals surface area contributed by atoms with E-state index in [-0.39, 0.29) is 11.7 Å². The highest BCUT2D eigenvalue weighted by atomic mass is 16.7. The van der Waals surface area contributed by atoms with Crippen LogP contribution in [0.25, 0.3) is 6.08 Å². The average Bonchev–Trinajstić information content (AvgIpc) is 2.64. The number of carbonyl (C=O) groups excluding carboxylic acids is 1. The molecule has 1 aliphatic rings. The van der Waals surface area contributed by atoms with Crippen LogP contribution in [0.4, 0.5) is 0 Å². The molecule has 0 bridgehead atoms. The van der Waals surface area contributed by atoms with E-state index in [0.29, 0.717) is 17.9 Å². The Balaban J connectivity index is 2.26. The molecule has 0 saturated heterocycles. The van der Waals surface area contributed by atoms with Gasteiger partial charge in [0.2, 0.25) is 5.75 Å². The number of hydrogen-bond donors (Lipinski definition) is 2. The molecule has 0 unspecified atom stereocenters. The van der Waals surface area contributed by atoms with Gasteiger partial charge in [-0.05, 0) is 25.6 Å². The van der Waals surface area contributed by atoms with Crippen LogP contribution >= 0.6 is 0 Å². The van der Waals surface area contributed by atoms with Crippen LogP contribution in [-0.2, 0) is 11.3 Å². The highest BCUT2D eigenvalue weighted by molar-refractivity contribution is 5.92. The van der Waals surface area contributed by atoms with E-state index in [1.165, 1.54) is 6.08 Å². The monoisotopic (exact) mass is 276 g/mol. The first-order chi connectivity index (χ1) is 9.65. The number of phenolic OH excluding ortho intramolecular Hbond substituents is 1. The molecule has 0 radical (unpaired) electrons. The number of amides is 1. The summed E-state index contributed by atoms with van der Waals surface area (Å²) in [7, 11) is 0. The quantitative estimate of drug-likeness (QED) is 0.864. The van der Waals surface area contributed by atoms with E-state index in [9.17, 15) is 9.90 Å².